The van der Waals surface area contributed by atoms with Gasteiger partial charge in [-0.2, -0.15) is 0 Å². The van der Waals surface area contributed by atoms with E-state index in [0.717, 1.165) is 0 Å². The number of hydrogen-bond acceptors (Lipinski definition) is 4. The summed E-state index contributed by atoms with van der Waals surface area (Å²) in [6, 6.07) is 0. The van der Waals surface area contributed by atoms with Crippen molar-refractivity contribution in [2.75, 3.05) is 6.54 Å². The molecular formula is C5H11NO4. The first kappa shape index (κ1) is 9.32. The van der Waals surface area contributed by atoms with Crippen molar-refractivity contribution in [3.63, 3.8) is 0 Å². The fourth-order valence-electron chi connectivity index (χ4n) is 0.640. The van der Waals surface area contributed by atoms with Crippen LogP contribution in [-0.4, -0.2) is 33.9 Å². The molecule has 0 bridgehead atoms. The smallest absolute Gasteiger partial charge is 0.229 e. The van der Waals surface area contributed by atoms with Crippen LogP contribution in [0.5, 0.6) is 0 Å². The standard InChI is InChI=1S/C5H11NO4/c1-4(7)2-5(8)3-6(9)10/h4-5,7-8H,2-3H2,1H3. The largest absolute Gasteiger partial charge is 0.393 e. The average Bonchev–Trinajstić information content (AvgIpc) is 1.58. The van der Waals surface area contributed by atoms with Gasteiger partial charge in [0.25, 0.3) is 0 Å². The van der Waals surface area contributed by atoms with Crippen molar-refractivity contribution in [3.05, 3.63) is 10.1 Å². The zero-order valence-electron chi connectivity index (χ0n) is 5.73. The van der Waals surface area contributed by atoms with E-state index in [1.54, 1.807) is 0 Å². The Hall–Kier alpha value is -0.680. The van der Waals surface area contributed by atoms with E-state index in [1.165, 1.54) is 6.92 Å². The molecule has 5 nitrogen and oxygen atoms in total. The molecule has 10 heavy (non-hydrogen) atoms. The lowest BCUT2D eigenvalue weighted by Crippen LogP contribution is -2.23. The Kier molecular flexibility index (Phi) is 3.90. The maximum atomic E-state index is 9.76. The number of rotatable bonds is 4. The number of nitrogens with zero attached hydrogens (tertiary/aromatic N) is 1. The summed E-state index contributed by atoms with van der Waals surface area (Å²) in [7, 11) is 0. The molecule has 0 aliphatic heterocycles. The van der Waals surface area contributed by atoms with Gasteiger partial charge in [0.15, 0.2) is 0 Å². The van der Waals surface area contributed by atoms with Crippen LogP contribution in [-0.2, 0) is 0 Å². The molecule has 0 aliphatic rings. The molecule has 0 aromatic carbocycles. The molecule has 2 N–H and O–H groups in total. The van der Waals surface area contributed by atoms with Crippen molar-refractivity contribution in [2.45, 2.75) is 25.6 Å². The molecule has 0 spiro atoms. The van der Waals surface area contributed by atoms with Gasteiger partial charge in [0.1, 0.15) is 6.10 Å². The quantitative estimate of drug-likeness (QED) is 0.412. The summed E-state index contributed by atoms with van der Waals surface area (Å²) in [6.07, 6.45) is -1.66. The van der Waals surface area contributed by atoms with Crippen LogP contribution in [0.25, 0.3) is 0 Å². The predicted molar refractivity (Wildman–Crippen MR) is 34.2 cm³/mol. The van der Waals surface area contributed by atoms with Crippen LogP contribution in [0.15, 0.2) is 0 Å². The van der Waals surface area contributed by atoms with Crippen LogP contribution in [0, 0.1) is 10.1 Å². The summed E-state index contributed by atoms with van der Waals surface area (Å²) in [5.41, 5.74) is 0. The molecule has 5 heteroatoms. The molecule has 2 atom stereocenters. The summed E-state index contributed by atoms with van der Waals surface area (Å²) >= 11 is 0. The van der Waals surface area contributed by atoms with Crippen molar-refractivity contribution in [1.82, 2.24) is 0 Å². The first-order valence-electron chi connectivity index (χ1n) is 3.00. The second kappa shape index (κ2) is 4.19. The molecule has 0 amide bonds. The zero-order valence-corrected chi connectivity index (χ0v) is 5.73. The van der Waals surface area contributed by atoms with Crippen molar-refractivity contribution < 1.29 is 15.1 Å². The van der Waals surface area contributed by atoms with E-state index < -0.39 is 23.7 Å². The van der Waals surface area contributed by atoms with Gasteiger partial charge in [0.05, 0.1) is 6.10 Å². The summed E-state index contributed by atoms with van der Waals surface area (Å²) in [5.74, 6) is 0. The Balaban J connectivity index is 3.43. The van der Waals surface area contributed by atoms with Crippen molar-refractivity contribution in [3.8, 4) is 0 Å². The fraction of sp³-hybridized carbons (Fsp3) is 1.00. The normalized spacial score (nSPS) is 16.3. The summed E-state index contributed by atoms with van der Waals surface area (Å²) in [4.78, 5) is 9.15. The second-order valence-electron chi connectivity index (χ2n) is 2.25. The topological polar surface area (TPSA) is 83.6 Å². The predicted octanol–water partition coefficient (Wildman–Crippen LogP) is -0.605. The first-order chi connectivity index (χ1) is 4.52. The molecule has 2 unspecified atom stereocenters. The van der Waals surface area contributed by atoms with E-state index >= 15 is 0 Å². The van der Waals surface area contributed by atoms with Crippen molar-refractivity contribution in [2.24, 2.45) is 0 Å². The Labute approximate surface area is 58.4 Å². The molecule has 0 saturated heterocycles. The second-order valence-corrected chi connectivity index (χ2v) is 2.25. The molecular weight excluding hydrogens is 138 g/mol. The van der Waals surface area contributed by atoms with Gasteiger partial charge in [-0.1, -0.05) is 0 Å². The molecule has 0 aliphatic carbocycles. The molecule has 0 fully saturated rings. The Morgan fingerprint density at radius 1 is 1.60 bits per heavy atom. The Morgan fingerprint density at radius 3 is 2.40 bits per heavy atom. The summed E-state index contributed by atoms with van der Waals surface area (Å²) in [5, 5.41) is 27.2. The highest BCUT2D eigenvalue weighted by Gasteiger charge is 2.13. The Bertz CT molecular complexity index is 114. The maximum absolute atomic E-state index is 9.76. The minimum atomic E-state index is -1.03. The van der Waals surface area contributed by atoms with Gasteiger partial charge in [-0.25, -0.2) is 0 Å². The van der Waals surface area contributed by atoms with E-state index in [2.05, 4.69) is 0 Å². The maximum Gasteiger partial charge on any atom is 0.229 e. The average molecular weight is 149 g/mol. The van der Waals surface area contributed by atoms with Crippen molar-refractivity contribution in [1.29, 1.82) is 0 Å². The van der Waals surface area contributed by atoms with Gasteiger partial charge in [-0.05, 0) is 6.92 Å². The fourth-order valence-corrected chi connectivity index (χ4v) is 0.640. The minimum Gasteiger partial charge on any atom is -0.393 e. The molecule has 0 rings (SSSR count). The van der Waals surface area contributed by atoms with E-state index in [1.807, 2.05) is 0 Å². The SMILES string of the molecule is CC(O)CC(O)C[N+](=O)[O-]. The van der Waals surface area contributed by atoms with Gasteiger partial charge in [0.2, 0.25) is 6.54 Å². The molecule has 0 aromatic heterocycles. The van der Waals surface area contributed by atoms with E-state index in [4.69, 9.17) is 10.2 Å². The van der Waals surface area contributed by atoms with Crippen LogP contribution < -0.4 is 0 Å². The summed E-state index contributed by atoms with van der Waals surface area (Å²) < 4.78 is 0. The monoisotopic (exact) mass is 149 g/mol. The third kappa shape index (κ3) is 5.46. The molecule has 0 aromatic rings. The van der Waals surface area contributed by atoms with E-state index in [9.17, 15) is 10.1 Å². The van der Waals surface area contributed by atoms with Crippen molar-refractivity contribution >= 4 is 0 Å². The highest BCUT2D eigenvalue weighted by atomic mass is 16.6. The van der Waals surface area contributed by atoms with Crippen LogP contribution in [0.2, 0.25) is 0 Å². The first-order valence-corrected chi connectivity index (χ1v) is 3.00. The minimum absolute atomic E-state index is 0.0565. The lowest BCUT2D eigenvalue weighted by Gasteiger charge is -2.06. The number of aliphatic hydroxyl groups excluding tert-OH is 2. The molecule has 0 heterocycles. The van der Waals surface area contributed by atoms with Crippen LogP contribution >= 0.6 is 0 Å². The third-order valence-electron chi connectivity index (χ3n) is 0.973. The van der Waals surface area contributed by atoms with E-state index in [-0.39, 0.29) is 6.42 Å². The van der Waals surface area contributed by atoms with Gasteiger partial charge >= 0.3 is 0 Å². The third-order valence-corrected chi connectivity index (χ3v) is 0.973. The lowest BCUT2D eigenvalue weighted by molar-refractivity contribution is -0.490. The highest BCUT2D eigenvalue weighted by molar-refractivity contribution is 4.56. The molecule has 0 radical (unpaired) electrons. The number of aliphatic hydroxyl groups is 2. The van der Waals surface area contributed by atoms with E-state index in [0.29, 0.717) is 0 Å². The Morgan fingerprint density at radius 2 is 2.10 bits per heavy atom. The van der Waals surface area contributed by atoms with Gasteiger partial charge in [-0.15, -0.1) is 0 Å². The molecule has 60 valence electrons. The van der Waals surface area contributed by atoms with Gasteiger partial charge < -0.3 is 10.2 Å². The summed E-state index contributed by atoms with van der Waals surface area (Å²) in [6.45, 7) is 0.980. The van der Waals surface area contributed by atoms with Crippen LogP contribution in [0.1, 0.15) is 13.3 Å². The van der Waals surface area contributed by atoms with Crippen LogP contribution in [0.3, 0.4) is 0 Å². The van der Waals surface area contributed by atoms with Gasteiger partial charge in [0, 0.05) is 11.3 Å². The molecule has 0 saturated carbocycles. The zero-order chi connectivity index (χ0) is 8.15. The van der Waals surface area contributed by atoms with Gasteiger partial charge in [-0.3, -0.25) is 10.1 Å². The highest BCUT2D eigenvalue weighted by Crippen LogP contribution is 1.96. The number of hydrogen-bond donors (Lipinski definition) is 2. The van der Waals surface area contributed by atoms with Crippen LogP contribution in [0.4, 0.5) is 0 Å². The lowest BCUT2D eigenvalue weighted by atomic mass is 10.2. The number of nitro groups is 1.